The van der Waals surface area contributed by atoms with Crippen molar-refractivity contribution in [3.8, 4) is 10.6 Å². The van der Waals surface area contributed by atoms with E-state index in [9.17, 15) is 22.8 Å². The van der Waals surface area contributed by atoms with Gasteiger partial charge in [-0.3, -0.25) is 9.59 Å². The van der Waals surface area contributed by atoms with E-state index in [4.69, 9.17) is 4.74 Å². The lowest BCUT2D eigenvalue weighted by Crippen LogP contribution is -2.50. The minimum Gasteiger partial charge on any atom is -0.455 e. The molecule has 1 aromatic heterocycles. The van der Waals surface area contributed by atoms with Crippen molar-refractivity contribution in [1.82, 2.24) is 9.88 Å². The molecule has 178 valence electrons. The number of amides is 1. The minimum atomic E-state index is -4.40. The van der Waals surface area contributed by atoms with Gasteiger partial charge in [0.15, 0.2) is 6.61 Å². The molecule has 6 nitrogen and oxygen atoms in total. The van der Waals surface area contributed by atoms with Crippen molar-refractivity contribution < 1.29 is 27.5 Å². The summed E-state index contributed by atoms with van der Waals surface area (Å²) >= 11 is 1.43. The van der Waals surface area contributed by atoms with Crippen LogP contribution in [0, 0.1) is 0 Å². The van der Waals surface area contributed by atoms with Gasteiger partial charge in [0.25, 0.3) is 5.91 Å². The van der Waals surface area contributed by atoms with Crippen LogP contribution in [-0.2, 0) is 26.9 Å². The highest BCUT2D eigenvalue weighted by Gasteiger charge is 2.31. The van der Waals surface area contributed by atoms with Crippen molar-refractivity contribution >= 4 is 28.9 Å². The Bertz CT molecular complexity index is 1140. The number of halogens is 3. The molecule has 0 atom stereocenters. The van der Waals surface area contributed by atoms with Gasteiger partial charge < -0.3 is 14.5 Å². The summed E-state index contributed by atoms with van der Waals surface area (Å²) in [5, 5.41) is 2.59. The van der Waals surface area contributed by atoms with E-state index in [-0.39, 0.29) is 18.9 Å². The first-order valence-electron chi connectivity index (χ1n) is 10.6. The number of rotatable bonds is 6. The summed E-state index contributed by atoms with van der Waals surface area (Å²) in [6.45, 7) is 1.07. The van der Waals surface area contributed by atoms with Crippen LogP contribution in [0.5, 0.6) is 0 Å². The molecule has 0 saturated carbocycles. The molecule has 2 aromatic carbocycles. The zero-order valence-electron chi connectivity index (χ0n) is 18.1. The van der Waals surface area contributed by atoms with Gasteiger partial charge in [-0.25, -0.2) is 4.98 Å². The molecule has 1 fully saturated rings. The number of anilines is 1. The quantitative estimate of drug-likeness (QED) is 0.484. The smallest absolute Gasteiger partial charge is 0.416 e. The zero-order valence-corrected chi connectivity index (χ0v) is 18.9. The van der Waals surface area contributed by atoms with Gasteiger partial charge in [-0.15, -0.1) is 11.3 Å². The number of hydrogen-bond donors (Lipinski definition) is 0. The number of thiazole rings is 1. The molecule has 3 aromatic rings. The molecule has 0 spiro atoms. The number of aromatic nitrogens is 1. The Labute approximate surface area is 198 Å². The summed E-state index contributed by atoms with van der Waals surface area (Å²) in [4.78, 5) is 32.4. The predicted molar refractivity (Wildman–Crippen MR) is 122 cm³/mol. The molecule has 1 aliphatic rings. The fourth-order valence-electron chi connectivity index (χ4n) is 3.63. The Morgan fingerprint density at radius 2 is 1.74 bits per heavy atom. The van der Waals surface area contributed by atoms with Crippen LogP contribution in [0.4, 0.5) is 18.9 Å². The van der Waals surface area contributed by atoms with Gasteiger partial charge in [-0.05, 0) is 18.2 Å². The minimum absolute atomic E-state index is 0.0278. The van der Waals surface area contributed by atoms with Crippen molar-refractivity contribution in [2.75, 3.05) is 37.7 Å². The molecule has 0 bridgehead atoms. The van der Waals surface area contributed by atoms with E-state index in [1.165, 1.54) is 17.4 Å². The summed E-state index contributed by atoms with van der Waals surface area (Å²) < 4.78 is 44.0. The van der Waals surface area contributed by atoms with E-state index in [2.05, 4.69) is 4.98 Å². The highest BCUT2D eigenvalue weighted by Crippen LogP contribution is 2.32. The fourth-order valence-corrected chi connectivity index (χ4v) is 4.45. The summed E-state index contributed by atoms with van der Waals surface area (Å²) in [5.41, 5.74) is 1.31. The number of esters is 1. The second-order valence-electron chi connectivity index (χ2n) is 7.76. The van der Waals surface area contributed by atoms with E-state index in [0.717, 1.165) is 22.7 Å². The molecular weight excluding hydrogens is 467 g/mol. The van der Waals surface area contributed by atoms with Crippen LogP contribution in [0.15, 0.2) is 60.0 Å². The maximum atomic E-state index is 13.0. The molecule has 0 N–H and O–H groups in total. The number of nitrogens with zero attached hydrogens (tertiary/aromatic N) is 3. The van der Waals surface area contributed by atoms with Gasteiger partial charge in [0.2, 0.25) is 0 Å². The highest BCUT2D eigenvalue weighted by atomic mass is 32.1. The Hall–Kier alpha value is -3.40. The number of hydrogen-bond acceptors (Lipinski definition) is 6. The summed E-state index contributed by atoms with van der Waals surface area (Å²) in [6, 6.07) is 14.8. The van der Waals surface area contributed by atoms with Gasteiger partial charge in [0.1, 0.15) is 5.01 Å². The topological polar surface area (TPSA) is 62.7 Å². The second-order valence-corrected chi connectivity index (χ2v) is 8.62. The van der Waals surface area contributed by atoms with Crippen LogP contribution in [0.2, 0.25) is 0 Å². The summed E-state index contributed by atoms with van der Waals surface area (Å²) in [5.74, 6) is -0.874. The van der Waals surface area contributed by atoms with Crippen LogP contribution in [0.1, 0.15) is 11.3 Å². The van der Waals surface area contributed by atoms with Crippen molar-refractivity contribution in [1.29, 1.82) is 0 Å². The molecule has 1 amide bonds. The first-order valence-corrected chi connectivity index (χ1v) is 11.5. The normalized spacial score (nSPS) is 14.2. The molecule has 0 radical (unpaired) electrons. The number of carbonyl (C=O) groups excluding carboxylic acids is 2. The molecule has 0 aliphatic carbocycles. The van der Waals surface area contributed by atoms with Crippen molar-refractivity contribution in [3.63, 3.8) is 0 Å². The first-order chi connectivity index (χ1) is 16.3. The van der Waals surface area contributed by atoms with Crippen molar-refractivity contribution in [3.05, 3.63) is 71.2 Å². The van der Waals surface area contributed by atoms with E-state index in [0.29, 0.717) is 37.6 Å². The van der Waals surface area contributed by atoms with Gasteiger partial charge in [-0.2, -0.15) is 13.2 Å². The second kappa shape index (κ2) is 10.3. The van der Waals surface area contributed by atoms with Gasteiger partial charge in [0.05, 0.1) is 17.7 Å². The highest BCUT2D eigenvalue weighted by molar-refractivity contribution is 7.13. The van der Waals surface area contributed by atoms with Gasteiger partial charge in [-0.1, -0.05) is 36.4 Å². The third-order valence-electron chi connectivity index (χ3n) is 5.43. The van der Waals surface area contributed by atoms with Crippen LogP contribution in [-0.4, -0.2) is 54.5 Å². The predicted octanol–water partition coefficient (Wildman–Crippen LogP) is 4.26. The Kier molecular flexibility index (Phi) is 7.16. The summed E-state index contributed by atoms with van der Waals surface area (Å²) in [7, 11) is 0. The Morgan fingerprint density at radius 3 is 2.44 bits per heavy atom. The van der Waals surface area contributed by atoms with Gasteiger partial charge in [0, 0.05) is 42.8 Å². The van der Waals surface area contributed by atoms with Gasteiger partial charge >= 0.3 is 12.1 Å². The number of piperazine rings is 1. The molecule has 2 heterocycles. The standard InChI is InChI=1S/C24H22F3N3O3S/c25-24(26,27)18-7-4-8-20(13-18)29-9-11-30(12-10-29)21(31)15-33-22(32)14-19-16-34-23(28-19)17-5-2-1-3-6-17/h1-8,13,16H,9-12,14-15H2. The van der Waals surface area contributed by atoms with Crippen LogP contribution >= 0.6 is 11.3 Å². The number of carbonyl (C=O) groups is 2. The lowest BCUT2D eigenvalue weighted by molar-refractivity contribution is -0.151. The largest absolute Gasteiger partial charge is 0.455 e. The van der Waals surface area contributed by atoms with E-state index >= 15 is 0 Å². The van der Waals surface area contributed by atoms with Crippen LogP contribution in [0.25, 0.3) is 10.6 Å². The molecule has 1 saturated heterocycles. The average molecular weight is 490 g/mol. The molecule has 34 heavy (non-hydrogen) atoms. The third kappa shape index (κ3) is 5.93. The maximum absolute atomic E-state index is 13.0. The first kappa shape index (κ1) is 23.7. The summed E-state index contributed by atoms with van der Waals surface area (Å²) in [6.07, 6.45) is -4.43. The molecule has 0 unspecified atom stereocenters. The Morgan fingerprint density at radius 1 is 1.00 bits per heavy atom. The SMILES string of the molecule is O=C(Cc1csc(-c2ccccc2)n1)OCC(=O)N1CCN(c2cccc(C(F)(F)F)c2)CC1. The molecule has 1 aliphatic heterocycles. The maximum Gasteiger partial charge on any atom is 0.416 e. The number of benzene rings is 2. The van der Waals surface area contributed by atoms with Crippen LogP contribution < -0.4 is 4.90 Å². The van der Waals surface area contributed by atoms with Crippen molar-refractivity contribution in [2.24, 2.45) is 0 Å². The average Bonchev–Trinajstić information content (AvgIpc) is 3.31. The number of alkyl halides is 3. The zero-order chi connectivity index (χ0) is 24.1. The molecular formula is C24H22F3N3O3S. The monoisotopic (exact) mass is 489 g/mol. The third-order valence-corrected chi connectivity index (χ3v) is 6.37. The lowest BCUT2D eigenvalue weighted by Gasteiger charge is -2.36. The van der Waals surface area contributed by atoms with E-state index in [1.54, 1.807) is 21.2 Å². The van der Waals surface area contributed by atoms with E-state index < -0.39 is 17.7 Å². The Balaban J connectivity index is 1.23. The molecule has 4 rings (SSSR count). The van der Waals surface area contributed by atoms with Crippen molar-refractivity contribution in [2.45, 2.75) is 12.6 Å². The molecule has 10 heteroatoms. The lowest BCUT2D eigenvalue weighted by atomic mass is 10.1. The fraction of sp³-hybridized carbons (Fsp3) is 0.292. The number of ether oxygens (including phenoxy) is 1. The van der Waals surface area contributed by atoms with Crippen LogP contribution in [0.3, 0.4) is 0 Å². The van der Waals surface area contributed by atoms with E-state index in [1.807, 2.05) is 30.3 Å².